The van der Waals surface area contributed by atoms with E-state index in [0.717, 1.165) is 49.9 Å². The monoisotopic (exact) mass is 425 g/mol. The summed E-state index contributed by atoms with van der Waals surface area (Å²) in [6.45, 7) is 6.85. The molecule has 31 heavy (non-hydrogen) atoms. The van der Waals surface area contributed by atoms with E-state index in [1.807, 2.05) is 36.1 Å². The highest BCUT2D eigenvalue weighted by molar-refractivity contribution is 5.87. The van der Waals surface area contributed by atoms with Crippen molar-refractivity contribution >= 4 is 11.8 Å². The molecule has 2 fully saturated rings. The van der Waals surface area contributed by atoms with Gasteiger partial charge in [0.15, 0.2) is 0 Å². The quantitative estimate of drug-likeness (QED) is 0.764. The second-order valence-corrected chi connectivity index (χ2v) is 8.65. The van der Waals surface area contributed by atoms with Crippen molar-refractivity contribution < 1.29 is 14.1 Å². The Morgan fingerprint density at radius 3 is 2.55 bits per heavy atom. The van der Waals surface area contributed by atoms with Gasteiger partial charge in [-0.05, 0) is 31.2 Å². The van der Waals surface area contributed by atoms with Gasteiger partial charge in [0, 0.05) is 38.7 Å². The fraction of sp³-hybridized carbons (Fsp3) is 0.565. The SMILES string of the molecule is CC(=O)NC(C(=O)N1CCN(Cc2nc(-c3ccccc3C)no2)CC1)C1CCCC1. The van der Waals surface area contributed by atoms with Crippen LogP contribution < -0.4 is 5.32 Å². The molecule has 8 heteroatoms. The van der Waals surface area contributed by atoms with Crippen LogP contribution in [0.3, 0.4) is 0 Å². The van der Waals surface area contributed by atoms with Crippen molar-refractivity contribution in [3.05, 3.63) is 35.7 Å². The molecule has 1 aromatic heterocycles. The predicted molar refractivity (Wildman–Crippen MR) is 116 cm³/mol. The number of hydrogen-bond donors (Lipinski definition) is 1. The molecular formula is C23H31N5O3. The van der Waals surface area contributed by atoms with Crippen LogP contribution in [-0.4, -0.2) is 64.0 Å². The van der Waals surface area contributed by atoms with Crippen molar-refractivity contribution in [2.75, 3.05) is 26.2 Å². The van der Waals surface area contributed by atoms with Crippen molar-refractivity contribution in [2.24, 2.45) is 5.92 Å². The number of piperazine rings is 1. The third-order valence-corrected chi connectivity index (χ3v) is 6.39. The molecule has 2 heterocycles. The Morgan fingerprint density at radius 2 is 1.87 bits per heavy atom. The zero-order valence-electron chi connectivity index (χ0n) is 18.3. The molecule has 0 bridgehead atoms. The molecule has 166 valence electrons. The van der Waals surface area contributed by atoms with Gasteiger partial charge in [-0.25, -0.2) is 0 Å². The highest BCUT2D eigenvalue weighted by Gasteiger charge is 2.35. The van der Waals surface area contributed by atoms with Gasteiger partial charge in [0.1, 0.15) is 6.04 Å². The fourth-order valence-corrected chi connectivity index (χ4v) is 4.66. The van der Waals surface area contributed by atoms with Gasteiger partial charge >= 0.3 is 0 Å². The van der Waals surface area contributed by atoms with Gasteiger partial charge in [-0.3, -0.25) is 14.5 Å². The smallest absolute Gasteiger partial charge is 0.245 e. The van der Waals surface area contributed by atoms with Gasteiger partial charge in [0.2, 0.25) is 23.5 Å². The maximum absolute atomic E-state index is 13.1. The average Bonchev–Trinajstić information content (AvgIpc) is 3.45. The van der Waals surface area contributed by atoms with E-state index < -0.39 is 0 Å². The van der Waals surface area contributed by atoms with E-state index in [-0.39, 0.29) is 23.8 Å². The van der Waals surface area contributed by atoms with Crippen molar-refractivity contribution in [3.8, 4) is 11.4 Å². The van der Waals surface area contributed by atoms with E-state index in [9.17, 15) is 9.59 Å². The molecule has 2 amide bonds. The number of amides is 2. The Kier molecular flexibility index (Phi) is 6.65. The lowest BCUT2D eigenvalue weighted by molar-refractivity contribution is -0.139. The van der Waals surface area contributed by atoms with Crippen molar-refractivity contribution in [3.63, 3.8) is 0 Å². The Balaban J connectivity index is 1.33. The molecule has 2 aliphatic rings. The molecule has 1 atom stereocenters. The van der Waals surface area contributed by atoms with Crippen LogP contribution in [0.2, 0.25) is 0 Å². The number of nitrogens with zero attached hydrogens (tertiary/aromatic N) is 4. The molecule has 1 unspecified atom stereocenters. The summed E-state index contributed by atoms with van der Waals surface area (Å²) < 4.78 is 5.47. The topological polar surface area (TPSA) is 91.6 Å². The van der Waals surface area contributed by atoms with Crippen LogP contribution in [0.25, 0.3) is 11.4 Å². The largest absolute Gasteiger partial charge is 0.344 e. The van der Waals surface area contributed by atoms with E-state index in [0.29, 0.717) is 31.3 Å². The molecule has 2 aromatic rings. The Labute approximate surface area is 183 Å². The van der Waals surface area contributed by atoms with Gasteiger partial charge in [-0.2, -0.15) is 4.98 Å². The Bertz CT molecular complexity index is 913. The number of nitrogens with one attached hydrogen (secondary N) is 1. The third-order valence-electron chi connectivity index (χ3n) is 6.39. The van der Waals surface area contributed by atoms with E-state index in [1.165, 1.54) is 6.92 Å². The number of aromatic nitrogens is 2. The molecule has 1 aromatic carbocycles. The summed E-state index contributed by atoms with van der Waals surface area (Å²) in [6, 6.07) is 7.59. The predicted octanol–water partition coefficient (Wildman–Crippen LogP) is 2.38. The van der Waals surface area contributed by atoms with Gasteiger partial charge in [0.05, 0.1) is 6.54 Å². The normalized spacial score (nSPS) is 18.8. The molecule has 1 saturated carbocycles. The summed E-state index contributed by atoms with van der Waals surface area (Å²) >= 11 is 0. The molecule has 0 spiro atoms. The second-order valence-electron chi connectivity index (χ2n) is 8.65. The molecule has 1 aliphatic heterocycles. The number of carbonyl (C=O) groups is 2. The maximum Gasteiger partial charge on any atom is 0.245 e. The number of rotatable bonds is 6. The first-order valence-corrected chi connectivity index (χ1v) is 11.2. The van der Waals surface area contributed by atoms with Crippen LogP contribution in [0.15, 0.2) is 28.8 Å². The average molecular weight is 426 g/mol. The lowest BCUT2D eigenvalue weighted by Crippen LogP contribution is -2.56. The summed E-state index contributed by atoms with van der Waals surface area (Å²) in [4.78, 5) is 33.5. The van der Waals surface area contributed by atoms with E-state index in [4.69, 9.17) is 4.52 Å². The van der Waals surface area contributed by atoms with Crippen molar-refractivity contribution in [1.82, 2.24) is 25.3 Å². The Morgan fingerprint density at radius 1 is 1.16 bits per heavy atom. The van der Waals surface area contributed by atoms with Gasteiger partial charge in [-0.1, -0.05) is 42.3 Å². The number of aryl methyl sites for hydroxylation is 1. The zero-order valence-corrected chi connectivity index (χ0v) is 18.3. The second kappa shape index (κ2) is 9.60. The summed E-state index contributed by atoms with van der Waals surface area (Å²) in [5, 5.41) is 7.05. The minimum atomic E-state index is -0.390. The zero-order chi connectivity index (χ0) is 21.8. The standard InChI is InChI=1S/C23H31N5O3/c1-16-7-3-6-10-19(16)22-25-20(31-26-22)15-27-11-13-28(14-12-27)23(30)21(24-17(2)29)18-8-4-5-9-18/h3,6-7,10,18,21H,4-5,8-9,11-15H2,1-2H3,(H,24,29). The highest BCUT2D eigenvalue weighted by atomic mass is 16.5. The molecule has 1 aliphatic carbocycles. The first kappa shape index (κ1) is 21.5. The van der Waals surface area contributed by atoms with Crippen LogP contribution in [-0.2, 0) is 16.1 Å². The third kappa shape index (κ3) is 5.12. The van der Waals surface area contributed by atoms with Crippen LogP contribution in [0.1, 0.15) is 44.1 Å². The van der Waals surface area contributed by atoms with Crippen LogP contribution >= 0.6 is 0 Å². The summed E-state index contributed by atoms with van der Waals surface area (Å²) in [5.41, 5.74) is 2.09. The van der Waals surface area contributed by atoms with Gasteiger partial charge in [0.25, 0.3) is 0 Å². The van der Waals surface area contributed by atoms with Crippen molar-refractivity contribution in [1.29, 1.82) is 0 Å². The summed E-state index contributed by atoms with van der Waals surface area (Å²) in [6.07, 6.45) is 4.29. The molecule has 8 nitrogen and oxygen atoms in total. The number of hydrogen-bond acceptors (Lipinski definition) is 6. The lowest BCUT2D eigenvalue weighted by Gasteiger charge is -2.37. The Hall–Kier alpha value is -2.74. The first-order valence-electron chi connectivity index (χ1n) is 11.2. The van der Waals surface area contributed by atoms with Crippen LogP contribution in [0.5, 0.6) is 0 Å². The van der Waals surface area contributed by atoms with E-state index >= 15 is 0 Å². The molecular weight excluding hydrogens is 394 g/mol. The van der Waals surface area contributed by atoms with Gasteiger partial charge in [-0.15, -0.1) is 0 Å². The minimum Gasteiger partial charge on any atom is -0.344 e. The van der Waals surface area contributed by atoms with E-state index in [1.54, 1.807) is 0 Å². The van der Waals surface area contributed by atoms with E-state index in [2.05, 4.69) is 20.4 Å². The number of benzene rings is 1. The van der Waals surface area contributed by atoms with Gasteiger partial charge < -0.3 is 14.7 Å². The molecule has 4 rings (SSSR count). The first-order chi connectivity index (χ1) is 15.0. The van der Waals surface area contributed by atoms with Crippen LogP contribution in [0.4, 0.5) is 0 Å². The van der Waals surface area contributed by atoms with Crippen LogP contribution in [0, 0.1) is 12.8 Å². The van der Waals surface area contributed by atoms with Crippen molar-refractivity contribution in [2.45, 2.75) is 52.1 Å². The lowest BCUT2D eigenvalue weighted by atomic mass is 9.96. The maximum atomic E-state index is 13.1. The fourth-order valence-electron chi connectivity index (χ4n) is 4.66. The molecule has 1 saturated heterocycles. The highest BCUT2D eigenvalue weighted by Crippen LogP contribution is 2.29. The summed E-state index contributed by atoms with van der Waals surface area (Å²) in [5.74, 6) is 1.37. The minimum absolute atomic E-state index is 0.0568. The molecule has 1 N–H and O–H groups in total. The summed E-state index contributed by atoms with van der Waals surface area (Å²) in [7, 11) is 0. The molecule has 0 radical (unpaired) electrons. The number of carbonyl (C=O) groups excluding carboxylic acids is 2.